The van der Waals surface area contributed by atoms with Crippen LogP contribution in [0.2, 0.25) is 0 Å². The average molecular weight is 393 g/mol. The van der Waals surface area contributed by atoms with Crippen molar-refractivity contribution in [1.29, 1.82) is 0 Å². The first-order chi connectivity index (χ1) is 13.4. The summed E-state index contributed by atoms with van der Waals surface area (Å²) < 4.78 is 0. The highest BCUT2D eigenvalue weighted by atomic mass is 32.1. The third-order valence-electron chi connectivity index (χ3n) is 5.89. The molecule has 0 aliphatic carbocycles. The van der Waals surface area contributed by atoms with Gasteiger partial charge in [0, 0.05) is 4.88 Å². The largest absolute Gasteiger partial charge is 0.149 e. The lowest BCUT2D eigenvalue weighted by Gasteiger charge is -2.05. The van der Waals surface area contributed by atoms with E-state index in [9.17, 15) is 0 Å². The van der Waals surface area contributed by atoms with E-state index in [1.54, 1.807) is 10.4 Å². The van der Waals surface area contributed by atoms with Crippen LogP contribution in [-0.2, 0) is 12.8 Å². The molecule has 0 fully saturated rings. The number of aryl methyl sites for hydroxylation is 2. The number of rotatable bonds is 20. The van der Waals surface area contributed by atoms with E-state index in [1.165, 1.54) is 128 Å². The van der Waals surface area contributed by atoms with E-state index in [0.717, 1.165) is 0 Å². The highest BCUT2D eigenvalue weighted by molar-refractivity contribution is 7.10. The van der Waals surface area contributed by atoms with Gasteiger partial charge >= 0.3 is 0 Å². The molecule has 0 nitrogen and oxygen atoms in total. The highest BCUT2D eigenvalue weighted by Crippen LogP contribution is 2.22. The third kappa shape index (κ3) is 14.4. The van der Waals surface area contributed by atoms with E-state index in [4.69, 9.17) is 0 Å². The van der Waals surface area contributed by atoms with Crippen molar-refractivity contribution in [2.75, 3.05) is 0 Å². The summed E-state index contributed by atoms with van der Waals surface area (Å²) in [5.74, 6) is 0. The molecule has 1 aromatic rings. The molecule has 0 atom stereocenters. The molecule has 0 amide bonds. The average Bonchev–Trinajstić information content (AvgIpc) is 3.12. The summed E-state index contributed by atoms with van der Waals surface area (Å²) >= 11 is 2.01. The van der Waals surface area contributed by atoms with Gasteiger partial charge in [-0.2, -0.15) is 0 Å². The quantitative estimate of drug-likeness (QED) is 0.194. The molecule has 158 valence electrons. The second kappa shape index (κ2) is 19.0. The second-order valence-electron chi connectivity index (χ2n) is 8.53. The van der Waals surface area contributed by atoms with Crippen LogP contribution in [0, 0.1) is 0 Å². The zero-order valence-corrected chi connectivity index (χ0v) is 19.5. The Labute approximate surface area is 175 Å². The summed E-state index contributed by atoms with van der Waals surface area (Å²) in [4.78, 5) is 1.69. The first-order valence-electron chi connectivity index (χ1n) is 12.4. The van der Waals surface area contributed by atoms with Crippen molar-refractivity contribution < 1.29 is 0 Å². The second-order valence-corrected chi connectivity index (χ2v) is 9.53. The van der Waals surface area contributed by atoms with Gasteiger partial charge in [0.15, 0.2) is 0 Å². The Bertz CT molecular complexity index is 370. The molecule has 0 radical (unpaired) electrons. The number of thiophene rings is 1. The van der Waals surface area contributed by atoms with Crippen molar-refractivity contribution in [3.63, 3.8) is 0 Å². The fourth-order valence-corrected chi connectivity index (χ4v) is 5.01. The van der Waals surface area contributed by atoms with Crippen molar-refractivity contribution >= 4 is 11.3 Å². The van der Waals surface area contributed by atoms with Crippen molar-refractivity contribution in [3.8, 4) is 0 Å². The first-order valence-corrected chi connectivity index (χ1v) is 13.3. The minimum absolute atomic E-state index is 1.33. The molecule has 0 saturated heterocycles. The van der Waals surface area contributed by atoms with Crippen LogP contribution in [0.25, 0.3) is 0 Å². The normalized spacial score (nSPS) is 11.3. The fraction of sp³-hybridized carbons (Fsp3) is 0.846. The molecule has 0 spiro atoms. The minimum atomic E-state index is 1.33. The maximum Gasteiger partial charge on any atom is 0.00772 e. The lowest BCUT2D eigenvalue weighted by molar-refractivity contribution is 0.562. The van der Waals surface area contributed by atoms with Crippen LogP contribution in [0.1, 0.15) is 140 Å². The summed E-state index contributed by atoms with van der Waals surface area (Å²) in [6.07, 6.45) is 28.5. The molecule has 1 heterocycles. The smallest absolute Gasteiger partial charge is 0.00772 e. The van der Waals surface area contributed by atoms with Gasteiger partial charge in [-0.15, -0.1) is 11.3 Å². The van der Waals surface area contributed by atoms with E-state index >= 15 is 0 Å². The van der Waals surface area contributed by atoms with Crippen LogP contribution in [0.4, 0.5) is 0 Å². The molecule has 1 aromatic heterocycles. The molecular formula is C26H48S. The van der Waals surface area contributed by atoms with E-state index in [2.05, 4.69) is 25.3 Å². The maximum atomic E-state index is 2.40. The van der Waals surface area contributed by atoms with Gasteiger partial charge in [0.2, 0.25) is 0 Å². The summed E-state index contributed by atoms with van der Waals surface area (Å²) in [7, 11) is 0. The van der Waals surface area contributed by atoms with Gasteiger partial charge < -0.3 is 0 Å². The number of hydrogen-bond donors (Lipinski definition) is 0. The van der Waals surface area contributed by atoms with Gasteiger partial charge in [0.25, 0.3) is 0 Å². The van der Waals surface area contributed by atoms with Gasteiger partial charge in [0.05, 0.1) is 0 Å². The van der Waals surface area contributed by atoms with Crippen molar-refractivity contribution in [3.05, 3.63) is 21.9 Å². The highest BCUT2D eigenvalue weighted by Gasteiger charge is 2.04. The Morgan fingerprint density at radius 1 is 0.519 bits per heavy atom. The van der Waals surface area contributed by atoms with Crippen LogP contribution in [0.5, 0.6) is 0 Å². The summed E-state index contributed by atoms with van der Waals surface area (Å²) in [6.45, 7) is 4.60. The Kier molecular flexibility index (Phi) is 17.4. The van der Waals surface area contributed by atoms with Crippen LogP contribution >= 0.6 is 11.3 Å². The SMILES string of the molecule is CCCCCCCCCCCc1ccsc1CCCCCCCCCCC. The Morgan fingerprint density at radius 2 is 0.926 bits per heavy atom. The molecule has 0 aliphatic heterocycles. The first kappa shape index (κ1) is 24.7. The standard InChI is InChI=1S/C26H48S/c1-3-5-7-9-11-13-15-17-19-21-25-23-24-27-26(25)22-20-18-16-14-12-10-8-6-4-2/h23-24H,3-22H2,1-2H3. The summed E-state index contributed by atoms with van der Waals surface area (Å²) in [5.41, 5.74) is 1.67. The molecule has 0 N–H and O–H groups in total. The van der Waals surface area contributed by atoms with Crippen molar-refractivity contribution in [1.82, 2.24) is 0 Å². The fourth-order valence-electron chi connectivity index (χ4n) is 4.03. The maximum absolute atomic E-state index is 2.40. The summed E-state index contributed by atoms with van der Waals surface area (Å²) in [5, 5.41) is 2.33. The molecule has 0 saturated carbocycles. The molecule has 1 rings (SSSR count). The zero-order chi connectivity index (χ0) is 19.4. The monoisotopic (exact) mass is 392 g/mol. The topological polar surface area (TPSA) is 0 Å². The number of hydrogen-bond acceptors (Lipinski definition) is 1. The molecule has 0 bridgehead atoms. The summed E-state index contributed by atoms with van der Waals surface area (Å²) in [6, 6.07) is 2.40. The number of unbranched alkanes of at least 4 members (excludes halogenated alkanes) is 16. The van der Waals surface area contributed by atoms with Crippen molar-refractivity contribution in [2.24, 2.45) is 0 Å². The van der Waals surface area contributed by atoms with Gasteiger partial charge in [-0.25, -0.2) is 0 Å². The van der Waals surface area contributed by atoms with E-state index < -0.39 is 0 Å². The van der Waals surface area contributed by atoms with Crippen LogP contribution in [0.15, 0.2) is 11.4 Å². The molecule has 1 heteroatoms. The Morgan fingerprint density at radius 3 is 1.41 bits per heavy atom. The third-order valence-corrected chi connectivity index (χ3v) is 6.92. The molecule has 27 heavy (non-hydrogen) atoms. The van der Waals surface area contributed by atoms with Gasteiger partial charge in [0.1, 0.15) is 0 Å². The van der Waals surface area contributed by atoms with Crippen LogP contribution < -0.4 is 0 Å². The van der Waals surface area contributed by atoms with Gasteiger partial charge in [-0.3, -0.25) is 0 Å². The molecule has 0 aromatic carbocycles. The molecule has 0 unspecified atom stereocenters. The van der Waals surface area contributed by atoms with Gasteiger partial charge in [-0.1, -0.05) is 117 Å². The molecular weight excluding hydrogens is 344 g/mol. The zero-order valence-electron chi connectivity index (χ0n) is 18.7. The van der Waals surface area contributed by atoms with E-state index in [-0.39, 0.29) is 0 Å². The minimum Gasteiger partial charge on any atom is -0.149 e. The Balaban J connectivity index is 1.96. The lowest BCUT2D eigenvalue weighted by Crippen LogP contribution is -1.91. The Hall–Kier alpha value is -0.300. The predicted octanol–water partition coefficient (Wildman–Crippen LogP) is 9.89. The lowest BCUT2D eigenvalue weighted by atomic mass is 10.0. The van der Waals surface area contributed by atoms with Crippen molar-refractivity contribution in [2.45, 2.75) is 142 Å². The molecule has 0 aliphatic rings. The van der Waals surface area contributed by atoms with Crippen LogP contribution in [-0.4, -0.2) is 0 Å². The van der Waals surface area contributed by atoms with Crippen LogP contribution in [0.3, 0.4) is 0 Å². The predicted molar refractivity (Wildman–Crippen MR) is 126 cm³/mol. The van der Waals surface area contributed by atoms with E-state index in [0.29, 0.717) is 0 Å². The van der Waals surface area contributed by atoms with E-state index in [1.807, 2.05) is 11.3 Å². The van der Waals surface area contributed by atoms with Gasteiger partial charge in [-0.05, 0) is 42.7 Å².